The topological polar surface area (TPSA) is 102 Å². The molecule has 3 atom stereocenters. The summed E-state index contributed by atoms with van der Waals surface area (Å²) in [6.45, 7) is 4.00. The minimum absolute atomic E-state index is 0.204. The quantitative estimate of drug-likeness (QED) is 0.677. The van der Waals surface area contributed by atoms with Gasteiger partial charge in [-0.15, -0.1) is 0 Å². The van der Waals surface area contributed by atoms with Crippen LogP contribution in [0.1, 0.15) is 64.6 Å². The van der Waals surface area contributed by atoms with Crippen molar-refractivity contribution in [1.82, 2.24) is 0 Å². The summed E-state index contributed by atoms with van der Waals surface area (Å²) in [5.41, 5.74) is 10.6. The average molecular weight is 336 g/mol. The van der Waals surface area contributed by atoms with Crippen LogP contribution in [0, 0.1) is 11.8 Å². The van der Waals surface area contributed by atoms with Crippen molar-refractivity contribution in [1.29, 1.82) is 0 Å². The van der Waals surface area contributed by atoms with Gasteiger partial charge in [0.05, 0.1) is 12.3 Å². The van der Waals surface area contributed by atoms with Crippen LogP contribution >= 0.6 is 0 Å². The fourth-order valence-electron chi connectivity index (χ4n) is 3.83. The molecule has 1 aliphatic rings. The van der Waals surface area contributed by atoms with Crippen molar-refractivity contribution >= 4 is 5.78 Å². The second-order valence-corrected chi connectivity index (χ2v) is 7.69. The molecule has 0 bridgehead atoms. The maximum atomic E-state index is 13.0. The maximum Gasteiger partial charge on any atom is 0.197 e. The predicted molar refractivity (Wildman–Crippen MR) is 94.2 cm³/mol. The number of carbonyl (C=O) groups is 1. The summed E-state index contributed by atoms with van der Waals surface area (Å²) in [7, 11) is 0. The molecule has 1 aliphatic carbocycles. The van der Waals surface area contributed by atoms with Crippen molar-refractivity contribution < 1.29 is 14.3 Å². The van der Waals surface area contributed by atoms with E-state index in [1.807, 2.05) is 13.8 Å². The molecular formula is C19H32N2O3. The molecule has 0 aliphatic heterocycles. The van der Waals surface area contributed by atoms with E-state index in [1.54, 1.807) is 12.1 Å². The van der Waals surface area contributed by atoms with E-state index in [-0.39, 0.29) is 11.7 Å². The molecule has 5 nitrogen and oxygen atoms in total. The zero-order valence-corrected chi connectivity index (χ0v) is 14.9. The number of Topliss-reactive ketones (excluding diaryl/α,β-unsaturated/α-hetero) is 1. The molecule has 1 saturated carbocycles. The predicted octanol–water partition coefficient (Wildman–Crippen LogP) is 2.71. The highest BCUT2D eigenvalue weighted by molar-refractivity contribution is 5.92. The summed E-state index contributed by atoms with van der Waals surface area (Å²) in [6.07, 6.45) is 8.42. The van der Waals surface area contributed by atoms with Gasteiger partial charge in [0.1, 0.15) is 5.76 Å². The molecule has 0 unspecified atom stereocenters. The Morgan fingerprint density at radius 3 is 2.54 bits per heavy atom. The zero-order valence-electron chi connectivity index (χ0n) is 14.9. The fourth-order valence-corrected chi connectivity index (χ4v) is 3.83. The van der Waals surface area contributed by atoms with Crippen molar-refractivity contribution in [3.63, 3.8) is 0 Å². The number of carbonyl (C=O) groups excluding carboxylic acids is 1. The van der Waals surface area contributed by atoms with Gasteiger partial charge in [-0.1, -0.05) is 46.0 Å². The van der Waals surface area contributed by atoms with Gasteiger partial charge in [0.25, 0.3) is 0 Å². The van der Waals surface area contributed by atoms with Gasteiger partial charge in [-0.2, -0.15) is 0 Å². The van der Waals surface area contributed by atoms with E-state index in [0.29, 0.717) is 18.8 Å². The largest absolute Gasteiger partial charge is 0.466 e. The molecule has 0 saturated heterocycles. The minimum atomic E-state index is -1.85. The zero-order chi connectivity index (χ0) is 17.7. The van der Waals surface area contributed by atoms with E-state index in [2.05, 4.69) is 0 Å². The first-order valence-electron chi connectivity index (χ1n) is 9.17. The van der Waals surface area contributed by atoms with Crippen LogP contribution in [-0.4, -0.2) is 23.0 Å². The Bertz CT molecular complexity index is 509. The lowest BCUT2D eigenvalue weighted by atomic mass is 9.76. The molecule has 2 rings (SSSR count). The van der Waals surface area contributed by atoms with Crippen LogP contribution in [0.4, 0.5) is 0 Å². The molecule has 1 fully saturated rings. The second-order valence-electron chi connectivity index (χ2n) is 7.69. The number of aliphatic hydroxyl groups is 1. The van der Waals surface area contributed by atoms with Gasteiger partial charge in [-0.3, -0.25) is 4.79 Å². The lowest BCUT2D eigenvalue weighted by Crippen LogP contribution is -2.57. The maximum absolute atomic E-state index is 13.0. The Kier molecular flexibility index (Phi) is 6.61. The number of rotatable bonds is 8. The van der Waals surface area contributed by atoms with Crippen molar-refractivity contribution in [2.75, 3.05) is 0 Å². The number of hydrogen-bond acceptors (Lipinski definition) is 5. The number of nitrogens with two attached hydrogens (primary N) is 2. The molecule has 5 heteroatoms. The first-order chi connectivity index (χ1) is 11.4. The second kappa shape index (κ2) is 8.28. The van der Waals surface area contributed by atoms with E-state index in [4.69, 9.17) is 15.9 Å². The van der Waals surface area contributed by atoms with Crippen molar-refractivity contribution in [3.05, 3.63) is 24.2 Å². The fraction of sp³-hybridized carbons (Fsp3) is 0.737. The van der Waals surface area contributed by atoms with E-state index >= 15 is 0 Å². The van der Waals surface area contributed by atoms with Crippen LogP contribution in [-0.2, 0) is 10.4 Å². The van der Waals surface area contributed by atoms with Crippen LogP contribution in [0.15, 0.2) is 22.8 Å². The summed E-state index contributed by atoms with van der Waals surface area (Å²) in [5.74, 6) is 0.480. The lowest BCUT2D eigenvalue weighted by molar-refractivity contribution is -0.145. The lowest BCUT2D eigenvalue weighted by Gasteiger charge is -2.35. The van der Waals surface area contributed by atoms with Gasteiger partial charge < -0.3 is 21.0 Å². The van der Waals surface area contributed by atoms with Crippen molar-refractivity contribution in [3.8, 4) is 0 Å². The van der Waals surface area contributed by atoms with Gasteiger partial charge in [0.15, 0.2) is 11.4 Å². The Labute approximate surface area is 144 Å². The molecule has 1 aromatic rings. The van der Waals surface area contributed by atoms with Gasteiger partial charge >= 0.3 is 0 Å². The molecule has 0 spiro atoms. The first-order valence-corrected chi connectivity index (χ1v) is 9.17. The van der Waals surface area contributed by atoms with E-state index in [9.17, 15) is 9.90 Å². The third-order valence-electron chi connectivity index (χ3n) is 5.18. The summed E-state index contributed by atoms with van der Waals surface area (Å²) in [6, 6.07) is 1.81. The normalized spacial score (nSPS) is 21.4. The van der Waals surface area contributed by atoms with Crippen LogP contribution in [0.3, 0.4) is 0 Å². The Hall–Kier alpha value is -1.17. The van der Waals surface area contributed by atoms with Crippen LogP contribution in [0.2, 0.25) is 0 Å². The number of hydrogen-bond donors (Lipinski definition) is 3. The van der Waals surface area contributed by atoms with Gasteiger partial charge in [-0.25, -0.2) is 0 Å². The summed E-state index contributed by atoms with van der Waals surface area (Å²) >= 11 is 0. The number of ketones is 1. The molecular weight excluding hydrogens is 304 g/mol. The van der Waals surface area contributed by atoms with E-state index in [0.717, 1.165) is 12.8 Å². The summed E-state index contributed by atoms with van der Waals surface area (Å²) in [5, 5.41) is 11.3. The standard InChI is InChI=1S/C19H32N2O3/c1-13(2)11-15(20)18(22)19(23,17-9-6-10-24-17)16(21)12-14-7-4-3-5-8-14/h6,9-10,13-16,23H,3-5,7-8,11-12,20-21H2,1-2H3/t15-,16+,19-/m0/s1. The SMILES string of the molecule is CC(C)C[C@H](N)C(=O)[C@@](O)(c1ccco1)[C@H](N)CC1CCCCC1. The van der Waals surface area contributed by atoms with Crippen molar-refractivity contribution in [2.45, 2.75) is 76.5 Å². The summed E-state index contributed by atoms with van der Waals surface area (Å²) < 4.78 is 5.38. The highest BCUT2D eigenvalue weighted by Gasteiger charge is 2.48. The van der Waals surface area contributed by atoms with Gasteiger partial charge in [0, 0.05) is 6.04 Å². The average Bonchev–Trinajstić information content (AvgIpc) is 3.08. The smallest absolute Gasteiger partial charge is 0.197 e. The highest BCUT2D eigenvalue weighted by atomic mass is 16.4. The van der Waals surface area contributed by atoms with Gasteiger partial charge in [0.2, 0.25) is 0 Å². The van der Waals surface area contributed by atoms with E-state index < -0.39 is 23.5 Å². The molecule has 0 radical (unpaired) electrons. The third-order valence-corrected chi connectivity index (χ3v) is 5.18. The first kappa shape index (κ1) is 19.2. The van der Waals surface area contributed by atoms with Crippen molar-refractivity contribution in [2.24, 2.45) is 23.3 Å². The minimum Gasteiger partial charge on any atom is -0.466 e. The monoisotopic (exact) mass is 336 g/mol. The molecule has 5 N–H and O–H groups in total. The third kappa shape index (κ3) is 4.26. The van der Waals surface area contributed by atoms with Crippen LogP contribution in [0.25, 0.3) is 0 Å². The molecule has 24 heavy (non-hydrogen) atoms. The van der Waals surface area contributed by atoms with Gasteiger partial charge in [-0.05, 0) is 36.8 Å². The van der Waals surface area contributed by atoms with E-state index in [1.165, 1.54) is 25.5 Å². The molecule has 0 amide bonds. The summed E-state index contributed by atoms with van der Waals surface area (Å²) in [4.78, 5) is 13.0. The van der Waals surface area contributed by atoms with Crippen LogP contribution < -0.4 is 11.5 Å². The van der Waals surface area contributed by atoms with Crippen LogP contribution in [0.5, 0.6) is 0 Å². The Morgan fingerprint density at radius 2 is 2.00 bits per heavy atom. The Morgan fingerprint density at radius 1 is 1.33 bits per heavy atom. The Balaban J connectivity index is 2.21. The molecule has 1 heterocycles. The number of furan rings is 1. The molecule has 0 aromatic carbocycles. The highest BCUT2D eigenvalue weighted by Crippen LogP contribution is 2.34. The molecule has 136 valence electrons. The molecule has 1 aromatic heterocycles.